The van der Waals surface area contributed by atoms with E-state index in [-0.39, 0.29) is 0 Å². The molecule has 2 aromatic rings. The Hall–Kier alpha value is -1.93. The van der Waals surface area contributed by atoms with Crippen molar-refractivity contribution in [3.8, 4) is 11.5 Å². The van der Waals surface area contributed by atoms with Gasteiger partial charge >= 0.3 is 8.02 Å². The molecule has 0 aromatic heterocycles. The number of hydrogen-bond acceptors (Lipinski definition) is 4. The third kappa shape index (κ3) is 1.50. The number of nitrogens with one attached hydrogen (secondary N) is 2. The van der Waals surface area contributed by atoms with E-state index in [1.807, 2.05) is 24.3 Å². The van der Waals surface area contributed by atoms with Crippen LogP contribution in [0.15, 0.2) is 36.4 Å². The summed E-state index contributed by atoms with van der Waals surface area (Å²) in [5.74, 6) is 1.71. The summed E-state index contributed by atoms with van der Waals surface area (Å²) in [5, 5.41) is 6.82. The molecule has 0 bridgehead atoms. The van der Waals surface area contributed by atoms with Gasteiger partial charge in [-0.1, -0.05) is 24.3 Å². The summed E-state index contributed by atoms with van der Waals surface area (Å²) in [4.78, 5) is 0. The number of benzene rings is 2. The summed E-state index contributed by atoms with van der Waals surface area (Å²) in [6.45, 7) is 4.12. The summed E-state index contributed by atoms with van der Waals surface area (Å²) in [7, 11) is -2.32. The van der Waals surface area contributed by atoms with Gasteiger partial charge in [0.05, 0.1) is 0 Å². The molecule has 0 amide bonds. The third-order valence-electron chi connectivity index (χ3n) is 3.44. The fraction of sp³-hybridized carbons (Fsp3) is 0.143. The van der Waals surface area contributed by atoms with Crippen molar-refractivity contribution in [3.63, 3.8) is 0 Å². The van der Waals surface area contributed by atoms with Gasteiger partial charge in [0, 0.05) is 0 Å². The molecule has 96 valence electrons. The lowest BCUT2D eigenvalue weighted by Crippen LogP contribution is -2.13. The topological polar surface area (TPSA) is 42.5 Å². The lowest BCUT2D eigenvalue weighted by molar-refractivity contribution is 0.499. The highest BCUT2D eigenvalue weighted by atomic mass is 31.2. The van der Waals surface area contributed by atoms with Gasteiger partial charge in [-0.3, -0.25) is 9.05 Å². The molecule has 0 fully saturated rings. The van der Waals surface area contributed by atoms with Crippen LogP contribution in [0.25, 0.3) is 0 Å². The summed E-state index contributed by atoms with van der Waals surface area (Å²) in [6.07, 6.45) is 0. The van der Waals surface area contributed by atoms with Gasteiger partial charge in [-0.15, -0.1) is 0 Å². The van der Waals surface area contributed by atoms with Crippen LogP contribution in [0.5, 0.6) is 11.5 Å². The molecule has 4 nitrogen and oxygen atoms in total. The number of anilines is 2. The molecule has 0 saturated heterocycles. The van der Waals surface area contributed by atoms with E-state index in [1.165, 1.54) is 0 Å². The summed E-state index contributed by atoms with van der Waals surface area (Å²) in [5.41, 5.74) is 4.36. The van der Waals surface area contributed by atoms with E-state index in [2.05, 4.69) is 36.2 Å². The molecule has 0 unspecified atom stereocenters. The monoisotopic (exact) mass is 273 g/mol. The summed E-state index contributed by atoms with van der Waals surface area (Å²) >= 11 is 0. The predicted molar refractivity (Wildman–Crippen MR) is 77.8 cm³/mol. The van der Waals surface area contributed by atoms with Gasteiger partial charge in [0.2, 0.25) is 11.5 Å². The van der Waals surface area contributed by atoms with Crippen molar-refractivity contribution in [1.29, 1.82) is 0 Å². The van der Waals surface area contributed by atoms with E-state index in [0.717, 1.165) is 34.0 Å². The van der Waals surface area contributed by atoms with E-state index >= 15 is 0 Å². The van der Waals surface area contributed by atoms with E-state index in [9.17, 15) is 0 Å². The Balaban J connectivity index is 1.75. The maximum Gasteiger partial charge on any atom is 0.572 e. The average Bonchev–Trinajstić information content (AvgIpc) is 2.92. The van der Waals surface area contributed by atoms with Gasteiger partial charge in [-0.2, -0.15) is 10.2 Å². The zero-order valence-electron chi connectivity index (χ0n) is 10.7. The zero-order valence-corrected chi connectivity index (χ0v) is 11.6. The van der Waals surface area contributed by atoms with Gasteiger partial charge in [0.15, 0.2) is 0 Å². The maximum atomic E-state index is 6.04. The lowest BCUT2D eigenvalue weighted by atomic mass is 10.2. The highest BCUT2D eigenvalue weighted by Gasteiger charge is 2.58. The molecule has 2 aliphatic heterocycles. The van der Waals surface area contributed by atoms with Crippen LogP contribution < -0.4 is 19.2 Å². The maximum absolute atomic E-state index is 6.04. The molecule has 0 radical (unpaired) electrons. The van der Waals surface area contributed by atoms with Crippen molar-refractivity contribution < 1.29 is 9.05 Å². The SMILES string of the molecule is Cc1cccc2c1N[P+]1(Nc3c(C)cccc3O1)O2. The normalized spacial score (nSPS) is 16.9. The lowest BCUT2D eigenvalue weighted by Gasteiger charge is -2.09. The largest absolute Gasteiger partial charge is 0.572 e. The van der Waals surface area contributed by atoms with Crippen LogP contribution in [0, 0.1) is 13.8 Å². The van der Waals surface area contributed by atoms with Crippen LogP contribution in [0.1, 0.15) is 11.1 Å². The Morgan fingerprint density at radius 2 is 1.26 bits per heavy atom. The first-order valence-corrected chi connectivity index (χ1v) is 7.83. The first kappa shape index (κ1) is 10.9. The van der Waals surface area contributed by atoms with Crippen molar-refractivity contribution in [3.05, 3.63) is 47.5 Å². The second kappa shape index (κ2) is 3.55. The van der Waals surface area contributed by atoms with E-state index in [0.29, 0.717) is 0 Å². The molecule has 0 atom stereocenters. The smallest absolute Gasteiger partial charge is 0.262 e. The van der Waals surface area contributed by atoms with Crippen LogP contribution >= 0.6 is 8.02 Å². The molecule has 1 spiro atoms. The van der Waals surface area contributed by atoms with Crippen LogP contribution in [-0.2, 0) is 0 Å². The third-order valence-corrected chi connectivity index (χ3v) is 5.38. The summed E-state index contributed by atoms with van der Waals surface area (Å²) in [6, 6.07) is 12.0. The summed E-state index contributed by atoms with van der Waals surface area (Å²) < 4.78 is 12.1. The molecule has 0 aliphatic carbocycles. The highest BCUT2D eigenvalue weighted by Crippen LogP contribution is 2.70. The standard InChI is InChI=1S/C14H14N2O2P/c1-9-5-3-7-11-13(9)15-19(17-11)16-14-10(2)6-4-8-12(14)18-19/h3-8,15-16H,1-2H3/q+1. The fourth-order valence-corrected chi connectivity index (χ4v) is 4.73. The van der Waals surface area contributed by atoms with E-state index in [4.69, 9.17) is 9.05 Å². The molecule has 2 aliphatic rings. The number of para-hydroxylation sites is 2. The minimum absolute atomic E-state index is 0.853. The fourth-order valence-electron chi connectivity index (χ4n) is 2.43. The molecule has 2 N–H and O–H groups in total. The van der Waals surface area contributed by atoms with Crippen LogP contribution in [0.2, 0.25) is 0 Å². The highest BCUT2D eigenvalue weighted by molar-refractivity contribution is 7.71. The molecule has 4 rings (SSSR count). The van der Waals surface area contributed by atoms with Crippen LogP contribution in [-0.4, -0.2) is 0 Å². The Bertz CT molecular complexity index is 628. The molecule has 2 aromatic carbocycles. The second-order valence-electron chi connectivity index (χ2n) is 4.85. The molecule has 19 heavy (non-hydrogen) atoms. The van der Waals surface area contributed by atoms with Gasteiger partial charge in [0.1, 0.15) is 11.4 Å². The molecule has 0 saturated carbocycles. The molecular formula is C14H14N2O2P+. The Labute approximate surface area is 112 Å². The number of rotatable bonds is 0. The molecule has 5 heteroatoms. The first-order chi connectivity index (χ1) is 9.17. The quantitative estimate of drug-likeness (QED) is 0.703. The van der Waals surface area contributed by atoms with Crippen LogP contribution in [0.4, 0.5) is 11.4 Å². The average molecular weight is 273 g/mol. The number of hydrogen-bond donors (Lipinski definition) is 2. The van der Waals surface area contributed by atoms with Crippen molar-refractivity contribution in [2.24, 2.45) is 0 Å². The Morgan fingerprint density at radius 3 is 1.68 bits per heavy atom. The number of aryl methyl sites for hydroxylation is 2. The zero-order chi connectivity index (χ0) is 13.0. The first-order valence-electron chi connectivity index (χ1n) is 6.21. The van der Waals surface area contributed by atoms with Crippen molar-refractivity contribution in [2.75, 3.05) is 10.2 Å². The molecular weight excluding hydrogens is 259 g/mol. The van der Waals surface area contributed by atoms with Crippen molar-refractivity contribution >= 4 is 19.4 Å². The van der Waals surface area contributed by atoms with Crippen molar-refractivity contribution in [2.45, 2.75) is 13.8 Å². The second-order valence-corrected chi connectivity index (χ2v) is 6.77. The van der Waals surface area contributed by atoms with Crippen molar-refractivity contribution in [1.82, 2.24) is 0 Å². The molecule has 2 heterocycles. The van der Waals surface area contributed by atoms with Gasteiger partial charge in [-0.05, 0) is 37.1 Å². The van der Waals surface area contributed by atoms with Gasteiger partial charge in [0.25, 0.3) is 0 Å². The minimum atomic E-state index is -2.32. The minimum Gasteiger partial charge on any atom is -0.262 e. The Morgan fingerprint density at radius 1 is 0.789 bits per heavy atom. The number of fused-ring (bicyclic) bond motifs is 2. The van der Waals surface area contributed by atoms with Gasteiger partial charge < -0.3 is 0 Å². The predicted octanol–water partition coefficient (Wildman–Crippen LogP) is 4.29. The van der Waals surface area contributed by atoms with Gasteiger partial charge in [-0.25, -0.2) is 0 Å². The van der Waals surface area contributed by atoms with Crippen LogP contribution in [0.3, 0.4) is 0 Å². The van der Waals surface area contributed by atoms with E-state index < -0.39 is 8.02 Å². The Kier molecular flexibility index (Phi) is 2.04. The van der Waals surface area contributed by atoms with E-state index in [1.54, 1.807) is 0 Å².